The van der Waals surface area contributed by atoms with Gasteiger partial charge in [0.25, 0.3) is 0 Å². The van der Waals surface area contributed by atoms with Crippen molar-refractivity contribution in [1.82, 2.24) is 4.90 Å². The van der Waals surface area contributed by atoms with E-state index in [2.05, 4.69) is 0 Å². The summed E-state index contributed by atoms with van der Waals surface area (Å²) in [6.07, 6.45) is 2.71. The van der Waals surface area contributed by atoms with Gasteiger partial charge in [0, 0.05) is 31.5 Å². The van der Waals surface area contributed by atoms with Gasteiger partial charge in [0.2, 0.25) is 5.91 Å². The Bertz CT molecular complexity index is 322. The third-order valence-electron chi connectivity index (χ3n) is 4.00. The molecule has 2 rings (SSSR count). The molecule has 0 aromatic carbocycles. The van der Waals surface area contributed by atoms with E-state index < -0.39 is 5.97 Å². The quantitative estimate of drug-likeness (QED) is 0.723. The lowest BCUT2D eigenvalue weighted by atomic mass is 9.86. The molecule has 2 fully saturated rings. The lowest BCUT2D eigenvalue weighted by molar-refractivity contribution is -0.150. The molecule has 2 atom stereocenters. The number of rotatable bonds is 5. The van der Waals surface area contributed by atoms with Crippen LogP contribution in [0.3, 0.4) is 0 Å². The Labute approximate surface area is 101 Å². The molecule has 5 nitrogen and oxygen atoms in total. The highest BCUT2D eigenvalue weighted by Gasteiger charge is 2.38. The van der Waals surface area contributed by atoms with Crippen molar-refractivity contribution >= 4 is 11.9 Å². The molecular formula is C12H20N2O3. The van der Waals surface area contributed by atoms with Gasteiger partial charge in [-0.05, 0) is 18.8 Å². The zero-order chi connectivity index (χ0) is 12.6. The maximum absolute atomic E-state index is 11.8. The van der Waals surface area contributed by atoms with Crippen LogP contribution in [0.4, 0.5) is 0 Å². The number of nitrogens with two attached hydrogens (primary N) is 1. The van der Waals surface area contributed by atoms with E-state index in [0.717, 1.165) is 12.8 Å². The molecule has 1 saturated carbocycles. The number of aliphatic carboxylic acids is 1. The predicted octanol–water partition coefficient (Wildman–Crippen LogP) is 0.293. The largest absolute Gasteiger partial charge is 0.481 e. The molecule has 5 heteroatoms. The van der Waals surface area contributed by atoms with E-state index in [1.807, 2.05) is 0 Å². The van der Waals surface area contributed by atoms with Gasteiger partial charge in [0.15, 0.2) is 0 Å². The lowest BCUT2D eigenvalue weighted by Gasteiger charge is -2.41. The van der Waals surface area contributed by atoms with E-state index >= 15 is 0 Å². The number of likely N-dealkylation sites (tertiary alicyclic amines) is 1. The smallest absolute Gasteiger partial charge is 0.306 e. The molecule has 0 aromatic heterocycles. The van der Waals surface area contributed by atoms with E-state index in [-0.39, 0.29) is 23.8 Å². The molecule has 2 aliphatic rings. The van der Waals surface area contributed by atoms with Crippen LogP contribution in [0.15, 0.2) is 0 Å². The van der Waals surface area contributed by atoms with Crippen LogP contribution in [0.5, 0.6) is 0 Å². The van der Waals surface area contributed by atoms with Gasteiger partial charge in [-0.1, -0.05) is 6.92 Å². The standard InChI is InChI=1S/C12H20N2O3/c1-7(12(16)17)9-5-14(6-9)11(15)4-10(13)8-2-3-8/h7-10H,2-6,13H2,1H3,(H,16,17). The van der Waals surface area contributed by atoms with Crippen LogP contribution in [0.2, 0.25) is 0 Å². The molecule has 0 bridgehead atoms. The Hall–Kier alpha value is -1.10. The zero-order valence-corrected chi connectivity index (χ0v) is 10.1. The van der Waals surface area contributed by atoms with E-state index in [9.17, 15) is 9.59 Å². The summed E-state index contributed by atoms with van der Waals surface area (Å²) in [4.78, 5) is 24.3. The van der Waals surface area contributed by atoms with Crippen molar-refractivity contribution in [1.29, 1.82) is 0 Å². The van der Waals surface area contributed by atoms with Crippen LogP contribution in [0.1, 0.15) is 26.2 Å². The normalized spacial score (nSPS) is 24.0. The van der Waals surface area contributed by atoms with Gasteiger partial charge in [-0.15, -0.1) is 0 Å². The van der Waals surface area contributed by atoms with Crippen LogP contribution >= 0.6 is 0 Å². The molecule has 2 unspecified atom stereocenters. The highest BCUT2D eigenvalue weighted by atomic mass is 16.4. The molecule has 3 N–H and O–H groups in total. The summed E-state index contributed by atoms with van der Waals surface area (Å²) >= 11 is 0. The fraction of sp³-hybridized carbons (Fsp3) is 0.833. The third kappa shape index (κ3) is 2.77. The Morgan fingerprint density at radius 2 is 1.94 bits per heavy atom. The summed E-state index contributed by atoms with van der Waals surface area (Å²) in [5, 5.41) is 8.85. The van der Waals surface area contributed by atoms with Gasteiger partial charge in [-0.25, -0.2) is 0 Å². The highest BCUT2D eigenvalue weighted by molar-refractivity contribution is 5.78. The summed E-state index contributed by atoms with van der Waals surface area (Å²) in [5.41, 5.74) is 5.90. The molecule has 1 amide bonds. The van der Waals surface area contributed by atoms with Gasteiger partial charge in [-0.3, -0.25) is 9.59 Å². The minimum Gasteiger partial charge on any atom is -0.481 e. The van der Waals surface area contributed by atoms with Crippen LogP contribution in [0, 0.1) is 17.8 Å². The molecule has 0 radical (unpaired) electrons. The number of hydrogen-bond acceptors (Lipinski definition) is 3. The summed E-state index contributed by atoms with van der Waals surface area (Å²) in [7, 11) is 0. The second-order valence-corrected chi connectivity index (χ2v) is 5.39. The molecule has 1 saturated heterocycles. The maximum Gasteiger partial charge on any atom is 0.306 e. The minimum absolute atomic E-state index is 0.00144. The molecule has 0 aromatic rings. The number of nitrogens with zero attached hydrogens (tertiary/aromatic N) is 1. The predicted molar refractivity (Wildman–Crippen MR) is 62.2 cm³/mol. The first-order valence-corrected chi connectivity index (χ1v) is 6.25. The number of hydrogen-bond donors (Lipinski definition) is 2. The number of carbonyl (C=O) groups is 2. The van der Waals surface area contributed by atoms with Crippen molar-refractivity contribution < 1.29 is 14.7 Å². The van der Waals surface area contributed by atoms with Crippen molar-refractivity contribution in [3.63, 3.8) is 0 Å². The monoisotopic (exact) mass is 240 g/mol. The lowest BCUT2D eigenvalue weighted by Crippen LogP contribution is -2.54. The molecule has 17 heavy (non-hydrogen) atoms. The van der Waals surface area contributed by atoms with Crippen molar-refractivity contribution in [3.8, 4) is 0 Å². The van der Waals surface area contributed by atoms with Gasteiger partial charge in [0.1, 0.15) is 0 Å². The van der Waals surface area contributed by atoms with Crippen LogP contribution in [0.25, 0.3) is 0 Å². The third-order valence-corrected chi connectivity index (χ3v) is 4.00. The Morgan fingerprint density at radius 1 is 1.35 bits per heavy atom. The van der Waals surface area contributed by atoms with Gasteiger partial charge < -0.3 is 15.7 Å². The molecule has 0 spiro atoms. The molecule has 1 aliphatic carbocycles. The van der Waals surface area contributed by atoms with Crippen molar-refractivity contribution in [3.05, 3.63) is 0 Å². The number of carbonyl (C=O) groups excluding carboxylic acids is 1. The van der Waals surface area contributed by atoms with Crippen molar-refractivity contribution in [2.45, 2.75) is 32.2 Å². The topological polar surface area (TPSA) is 83.6 Å². The average molecular weight is 240 g/mol. The second-order valence-electron chi connectivity index (χ2n) is 5.39. The zero-order valence-electron chi connectivity index (χ0n) is 10.1. The first-order valence-electron chi connectivity index (χ1n) is 6.25. The maximum atomic E-state index is 11.8. The van der Waals surface area contributed by atoms with Gasteiger partial charge >= 0.3 is 5.97 Å². The second kappa shape index (κ2) is 4.64. The Kier molecular flexibility index (Phi) is 3.38. The van der Waals surface area contributed by atoms with E-state index in [4.69, 9.17) is 10.8 Å². The molecule has 1 aliphatic heterocycles. The molecule has 1 heterocycles. The highest BCUT2D eigenvalue weighted by Crippen LogP contribution is 2.33. The van der Waals surface area contributed by atoms with Crippen molar-refractivity contribution in [2.75, 3.05) is 13.1 Å². The minimum atomic E-state index is -0.781. The average Bonchev–Trinajstić information content (AvgIpc) is 2.97. The first-order chi connectivity index (χ1) is 7.99. The fourth-order valence-corrected chi connectivity index (χ4v) is 2.26. The van der Waals surface area contributed by atoms with Gasteiger partial charge in [0.05, 0.1) is 5.92 Å². The number of carboxylic acid groups (broad SMARTS) is 1. The SMILES string of the molecule is CC(C(=O)O)C1CN(C(=O)CC(N)C2CC2)C1. The van der Waals surface area contributed by atoms with E-state index in [1.165, 1.54) is 0 Å². The summed E-state index contributed by atoms with van der Waals surface area (Å²) in [6, 6.07) is -0.00144. The van der Waals surface area contributed by atoms with Crippen LogP contribution < -0.4 is 5.73 Å². The Balaban J connectivity index is 1.71. The number of amides is 1. The summed E-state index contributed by atoms with van der Waals surface area (Å²) < 4.78 is 0. The molecule has 96 valence electrons. The molecular weight excluding hydrogens is 220 g/mol. The van der Waals surface area contributed by atoms with E-state index in [0.29, 0.717) is 25.4 Å². The Morgan fingerprint density at radius 3 is 2.41 bits per heavy atom. The fourth-order valence-electron chi connectivity index (χ4n) is 2.26. The van der Waals surface area contributed by atoms with Crippen molar-refractivity contribution in [2.24, 2.45) is 23.5 Å². The van der Waals surface area contributed by atoms with Crippen LogP contribution in [-0.4, -0.2) is 41.0 Å². The summed E-state index contributed by atoms with van der Waals surface area (Å²) in [5.74, 6) is -0.422. The van der Waals surface area contributed by atoms with E-state index in [1.54, 1.807) is 11.8 Å². The van der Waals surface area contributed by atoms with Crippen LogP contribution in [-0.2, 0) is 9.59 Å². The number of carboxylic acids is 1. The summed E-state index contributed by atoms with van der Waals surface area (Å²) in [6.45, 7) is 2.85. The van der Waals surface area contributed by atoms with Gasteiger partial charge in [-0.2, -0.15) is 0 Å². The first kappa shape index (κ1) is 12.4.